The number of carbonyl (C=O) groups excluding carboxylic acids is 1. The monoisotopic (exact) mass is 549 g/mol. The Labute approximate surface area is 196 Å². The molecule has 0 radical (unpaired) electrons. The zero-order valence-electron chi connectivity index (χ0n) is 17.5. The molecule has 7 nitrogen and oxygen atoms in total. The Balaban J connectivity index is 2.00. The van der Waals surface area contributed by atoms with Gasteiger partial charge in [-0.05, 0) is 57.9 Å². The van der Waals surface area contributed by atoms with Crippen molar-refractivity contribution in [3.05, 3.63) is 67.1 Å². The summed E-state index contributed by atoms with van der Waals surface area (Å²) in [4.78, 5) is 29.1. The molecule has 0 spiro atoms. The third kappa shape index (κ3) is 5.40. The number of carbonyl (C=O) groups is 1. The summed E-state index contributed by atoms with van der Waals surface area (Å²) in [6.07, 6.45) is 1.58. The van der Waals surface area contributed by atoms with Gasteiger partial charge in [0, 0.05) is 9.89 Å². The Hall–Kier alpha value is -2.52. The number of fused-ring (bicyclic) bond motifs is 1. The molecule has 31 heavy (non-hydrogen) atoms. The minimum absolute atomic E-state index is 0.189. The largest absolute Gasteiger partial charge is 0.481 e. The zero-order chi connectivity index (χ0) is 22.8. The molecule has 0 aliphatic carbocycles. The van der Waals surface area contributed by atoms with Crippen molar-refractivity contribution >= 4 is 54.9 Å². The van der Waals surface area contributed by atoms with Gasteiger partial charge in [0.25, 0.3) is 5.56 Å². The number of aromatic nitrogens is 2. The van der Waals surface area contributed by atoms with Crippen molar-refractivity contribution in [1.82, 2.24) is 9.66 Å². The van der Waals surface area contributed by atoms with E-state index in [0.29, 0.717) is 26.9 Å². The Kier molecular flexibility index (Phi) is 6.96. The molecule has 3 aromatic rings. The second-order valence-electron chi connectivity index (χ2n) is 7.76. The van der Waals surface area contributed by atoms with Crippen LogP contribution in [0.25, 0.3) is 10.9 Å². The number of ether oxygens (including phenoxy) is 2. The van der Waals surface area contributed by atoms with Crippen molar-refractivity contribution in [1.29, 1.82) is 0 Å². The maximum Gasteiger partial charge on any atom is 0.343 e. The highest BCUT2D eigenvalue weighted by Gasteiger charge is 2.22. The van der Waals surface area contributed by atoms with Gasteiger partial charge in [-0.1, -0.05) is 36.7 Å². The summed E-state index contributed by atoms with van der Waals surface area (Å²) < 4.78 is 12.8. The fourth-order valence-electron chi connectivity index (χ4n) is 2.78. The molecule has 0 saturated carbocycles. The van der Waals surface area contributed by atoms with E-state index >= 15 is 0 Å². The average Bonchev–Trinajstić information content (AvgIpc) is 2.71. The Morgan fingerprint density at radius 1 is 1.19 bits per heavy atom. The standard InChI is InChI=1S/C22H21Br2N3O4/c1-22(2,3)21-26-17-7-6-14(23)10-15(17)20(29)27(21)25-11-13-5-8-18(16(24)9-13)31-12-19(28)30-4/h5-11H,12H2,1-4H3. The molecule has 1 heterocycles. The molecular formula is C22H21Br2N3O4. The molecule has 9 heteroatoms. The van der Waals surface area contributed by atoms with E-state index < -0.39 is 11.4 Å². The van der Waals surface area contributed by atoms with Gasteiger partial charge >= 0.3 is 5.97 Å². The number of rotatable bonds is 5. The third-order valence-electron chi connectivity index (χ3n) is 4.33. The van der Waals surface area contributed by atoms with Gasteiger partial charge in [0.2, 0.25) is 0 Å². The lowest BCUT2D eigenvalue weighted by Gasteiger charge is -2.20. The first-order valence-electron chi connectivity index (χ1n) is 9.36. The highest BCUT2D eigenvalue weighted by atomic mass is 79.9. The number of halogens is 2. The van der Waals surface area contributed by atoms with Crippen LogP contribution in [-0.2, 0) is 14.9 Å². The average molecular weight is 551 g/mol. The molecular weight excluding hydrogens is 530 g/mol. The number of methoxy groups -OCH3 is 1. The first-order valence-corrected chi connectivity index (χ1v) is 10.9. The molecule has 0 unspecified atom stereocenters. The van der Waals surface area contributed by atoms with E-state index in [2.05, 4.69) is 41.7 Å². The number of nitrogens with zero attached hydrogens (tertiary/aromatic N) is 3. The molecule has 2 aromatic carbocycles. The van der Waals surface area contributed by atoms with E-state index in [1.165, 1.54) is 11.8 Å². The van der Waals surface area contributed by atoms with Crippen LogP contribution in [0.5, 0.6) is 5.75 Å². The van der Waals surface area contributed by atoms with Gasteiger partial charge in [-0.15, -0.1) is 0 Å². The summed E-state index contributed by atoms with van der Waals surface area (Å²) in [7, 11) is 1.30. The van der Waals surface area contributed by atoms with Crippen LogP contribution in [0.3, 0.4) is 0 Å². The van der Waals surface area contributed by atoms with E-state index in [4.69, 9.17) is 9.72 Å². The number of hydrogen-bond donors (Lipinski definition) is 0. The summed E-state index contributed by atoms with van der Waals surface area (Å²) in [5, 5.41) is 4.93. The highest BCUT2D eigenvalue weighted by molar-refractivity contribution is 9.10. The van der Waals surface area contributed by atoms with E-state index in [1.807, 2.05) is 32.9 Å². The summed E-state index contributed by atoms with van der Waals surface area (Å²) in [5.74, 6) is 0.579. The van der Waals surface area contributed by atoms with Crippen LogP contribution < -0.4 is 10.3 Å². The van der Waals surface area contributed by atoms with E-state index in [1.54, 1.807) is 30.5 Å². The molecule has 0 atom stereocenters. The fourth-order valence-corrected chi connectivity index (χ4v) is 3.65. The highest BCUT2D eigenvalue weighted by Crippen LogP contribution is 2.26. The lowest BCUT2D eigenvalue weighted by Crippen LogP contribution is -2.29. The third-order valence-corrected chi connectivity index (χ3v) is 5.44. The molecule has 0 bridgehead atoms. The minimum atomic E-state index is -0.470. The van der Waals surface area contributed by atoms with Crippen molar-refractivity contribution in [2.24, 2.45) is 5.10 Å². The number of benzene rings is 2. The zero-order valence-corrected chi connectivity index (χ0v) is 20.7. The summed E-state index contributed by atoms with van der Waals surface area (Å²) in [6.45, 7) is 5.76. The Morgan fingerprint density at radius 2 is 1.94 bits per heavy atom. The molecule has 0 aliphatic heterocycles. The van der Waals surface area contributed by atoms with Gasteiger partial charge in [-0.3, -0.25) is 4.79 Å². The predicted octanol–water partition coefficient (Wildman–Crippen LogP) is 4.65. The number of hydrogen-bond acceptors (Lipinski definition) is 6. The summed E-state index contributed by atoms with van der Waals surface area (Å²) in [5.41, 5.74) is 0.714. The molecule has 162 valence electrons. The normalized spacial score (nSPS) is 11.8. The Bertz CT molecular complexity index is 1230. The molecule has 3 rings (SSSR count). The van der Waals surface area contributed by atoms with Gasteiger partial charge in [0.1, 0.15) is 11.6 Å². The van der Waals surface area contributed by atoms with Crippen LogP contribution in [-0.4, -0.2) is 35.6 Å². The van der Waals surface area contributed by atoms with Crippen molar-refractivity contribution in [3.63, 3.8) is 0 Å². The van der Waals surface area contributed by atoms with Gasteiger partial charge in [-0.2, -0.15) is 9.78 Å². The van der Waals surface area contributed by atoms with Crippen LogP contribution in [0.1, 0.15) is 32.2 Å². The fraction of sp³-hybridized carbons (Fsp3) is 0.273. The van der Waals surface area contributed by atoms with Crippen LogP contribution >= 0.6 is 31.9 Å². The second-order valence-corrected chi connectivity index (χ2v) is 9.53. The lowest BCUT2D eigenvalue weighted by atomic mass is 9.95. The van der Waals surface area contributed by atoms with Crippen LogP contribution in [0.4, 0.5) is 0 Å². The van der Waals surface area contributed by atoms with Crippen molar-refractivity contribution < 1.29 is 14.3 Å². The molecule has 0 amide bonds. The van der Waals surface area contributed by atoms with Gasteiger partial charge < -0.3 is 9.47 Å². The van der Waals surface area contributed by atoms with E-state index in [0.717, 1.165) is 10.0 Å². The maximum atomic E-state index is 13.2. The van der Waals surface area contributed by atoms with Gasteiger partial charge in [0.15, 0.2) is 6.61 Å². The predicted molar refractivity (Wildman–Crippen MR) is 127 cm³/mol. The van der Waals surface area contributed by atoms with E-state index in [-0.39, 0.29) is 12.2 Å². The molecule has 0 fully saturated rings. The maximum absolute atomic E-state index is 13.2. The molecule has 0 aliphatic rings. The molecule has 0 N–H and O–H groups in total. The second kappa shape index (κ2) is 9.32. The van der Waals surface area contributed by atoms with Crippen LogP contribution in [0.15, 0.2) is 55.2 Å². The quantitative estimate of drug-likeness (QED) is 0.341. The summed E-state index contributed by atoms with van der Waals surface area (Å²) in [6, 6.07) is 10.7. The number of esters is 1. The summed E-state index contributed by atoms with van der Waals surface area (Å²) >= 11 is 6.83. The van der Waals surface area contributed by atoms with Crippen molar-refractivity contribution in [3.8, 4) is 5.75 Å². The minimum Gasteiger partial charge on any atom is -0.481 e. The lowest BCUT2D eigenvalue weighted by molar-refractivity contribution is -0.142. The Morgan fingerprint density at radius 3 is 2.58 bits per heavy atom. The molecule has 0 saturated heterocycles. The van der Waals surface area contributed by atoms with Crippen LogP contribution in [0.2, 0.25) is 0 Å². The first kappa shape index (κ1) is 23.1. The van der Waals surface area contributed by atoms with Crippen LogP contribution in [0, 0.1) is 0 Å². The van der Waals surface area contributed by atoms with Gasteiger partial charge in [0.05, 0.1) is 28.7 Å². The van der Waals surface area contributed by atoms with E-state index in [9.17, 15) is 9.59 Å². The first-order chi connectivity index (χ1) is 14.6. The van der Waals surface area contributed by atoms with Gasteiger partial charge in [-0.25, -0.2) is 9.78 Å². The SMILES string of the molecule is COC(=O)COc1ccc(C=Nn2c(C(C)(C)C)nc3ccc(Br)cc3c2=O)cc1Br. The topological polar surface area (TPSA) is 82.8 Å². The van der Waals surface area contributed by atoms with Crippen molar-refractivity contribution in [2.45, 2.75) is 26.2 Å². The smallest absolute Gasteiger partial charge is 0.343 e. The molecule has 1 aromatic heterocycles. The van der Waals surface area contributed by atoms with Crippen molar-refractivity contribution in [2.75, 3.05) is 13.7 Å².